The van der Waals surface area contributed by atoms with Gasteiger partial charge in [-0.3, -0.25) is 5.10 Å². The minimum atomic E-state index is -0.0505. The van der Waals surface area contributed by atoms with Gasteiger partial charge in [0.25, 0.3) is 0 Å². The molecule has 0 spiro atoms. The van der Waals surface area contributed by atoms with Crippen LogP contribution in [0.5, 0.6) is 0 Å². The average molecular weight is 343 g/mol. The fourth-order valence-corrected chi connectivity index (χ4v) is 4.56. The van der Waals surface area contributed by atoms with Gasteiger partial charge in [-0.1, -0.05) is 0 Å². The third kappa shape index (κ3) is 2.40. The molecular weight excluding hydrogens is 318 g/mol. The number of pyridine rings is 1. The predicted octanol–water partition coefficient (Wildman–Crippen LogP) is 1.94. The summed E-state index contributed by atoms with van der Waals surface area (Å²) in [4.78, 5) is 9.82. The van der Waals surface area contributed by atoms with Crippen LogP contribution in [0, 0.1) is 0 Å². The number of morpholine rings is 2. The van der Waals surface area contributed by atoms with E-state index in [1.165, 1.54) is 18.5 Å². The van der Waals surface area contributed by atoms with Gasteiger partial charge in [-0.15, -0.1) is 0 Å². The smallest absolute Gasteiger partial charge is 0.159 e. The number of aromatic amines is 1. The molecule has 134 valence electrons. The van der Waals surface area contributed by atoms with Crippen molar-refractivity contribution < 1.29 is 9.47 Å². The van der Waals surface area contributed by atoms with Gasteiger partial charge in [0.2, 0.25) is 0 Å². The lowest BCUT2D eigenvalue weighted by Crippen LogP contribution is -2.53. The molecule has 0 saturated carbocycles. The second-order valence-electron chi connectivity index (χ2n) is 7.98. The van der Waals surface area contributed by atoms with Gasteiger partial charge in [0.1, 0.15) is 5.82 Å². The summed E-state index contributed by atoms with van der Waals surface area (Å²) in [5.41, 5.74) is 2.01. The number of fused-ring (bicyclic) bond motifs is 3. The summed E-state index contributed by atoms with van der Waals surface area (Å²) in [5, 5.41) is 8.42. The Hall–Kier alpha value is -1.86. The number of hydrogen-bond donors (Lipinski definition) is 1. The second kappa shape index (κ2) is 5.57. The molecule has 2 atom stereocenters. The van der Waals surface area contributed by atoms with Gasteiger partial charge in [0.15, 0.2) is 5.65 Å². The molecule has 3 aliphatic rings. The molecule has 25 heavy (non-hydrogen) atoms. The van der Waals surface area contributed by atoms with E-state index < -0.39 is 0 Å². The number of anilines is 2. The van der Waals surface area contributed by atoms with E-state index in [-0.39, 0.29) is 5.54 Å². The topological polar surface area (TPSA) is 66.5 Å². The van der Waals surface area contributed by atoms with Crippen molar-refractivity contribution in [3.63, 3.8) is 0 Å². The minimum Gasteiger partial charge on any atom is -0.377 e. The van der Waals surface area contributed by atoms with Crippen LogP contribution in [0.25, 0.3) is 11.0 Å². The van der Waals surface area contributed by atoms with E-state index >= 15 is 0 Å². The standard InChI is InChI=1S/C18H25N5O2/c1-18(2)11-24-6-5-22(18)15-7-16(20-17-14(15)8-19-21-17)23-12-3-4-13(23)10-25-9-12/h7-8,12-13H,3-6,9-11H2,1-2H3,(H,19,20,21). The molecule has 2 unspecified atom stereocenters. The maximum absolute atomic E-state index is 5.74. The Morgan fingerprint density at radius 3 is 2.76 bits per heavy atom. The van der Waals surface area contributed by atoms with Gasteiger partial charge in [-0.2, -0.15) is 5.10 Å². The van der Waals surface area contributed by atoms with Crippen LogP contribution in [0.15, 0.2) is 12.3 Å². The fraction of sp³-hybridized carbons (Fsp3) is 0.667. The van der Waals surface area contributed by atoms with E-state index in [4.69, 9.17) is 14.5 Å². The number of hydrogen-bond acceptors (Lipinski definition) is 6. The molecule has 5 heterocycles. The fourth-order valence-electron chi connectivity index (χ4n) is 4.56. The Bertz CT molecular complexity index is 773. The monoisotopic (exact) mass is 343 g/mol. The van der Waals surface area contributed by atoms with Gasteiger partial charge >= 0.3 is 0 Å². The van der Waals surface area contributed by atoms with Crippen molar-refractivity contribution in [3.05, 3.63) is 12.3 Å². The van der Waals surface area contributed by atoms with Crippen molar-refractivity contribution in [2.24, 2.45) is 0 Å². The minimum absolute atomic E-state index is 0.0505. The maximum atomic E-state index is 5.74. The molecule has 2 aromatic rings. The number of nitrogens with zero attached hydrogens (tertiary/aromatic N) is 4. The summed E-state index contributed by atoms with van der Waals surface area (Å²) in [6.07, 6.45) is 4.26. The Morgan fingerprint density at radius 1 is 1.20 bits per heavy atom. The molecule has 3 saturated heterocycles. The zero-order valence-electron chi connectivity index (χ0n) is 14.9. The zero-order valence-corrected chi connectivity index (χ0v) is 14.9. The predicted molar refractivity (Wildman–Crippen MR) is 96.2 cm³/mol. The highest BCUT2D eigenvalue weighted by Gasteiger charge is 2.39. The van der Waals surface area contributed by atoms with E-state index in [2.05, 4.69) is 39.9 Å². The summed E-state index contributed by atoms with van der Waals surface area (Å²) in [6.45, 7) is 8.44. The van der Waals surface area contributed by atoms with Crippen LogP contribution >= 0.6 is 0 Å². The first-order valence-corrected chi connectivity index (χ1v) is 9.19. The lowest BCUT2D eigenvalue weighted by atomic mass is 10.0. The van der Waals surface area contributed by atoms with Crippen LogP contribution < -0.4 is 9.80 Å². The molecule has 2 bridgehead atoms. The molecule has 7 nitrogen and oxygen atoms in total. The largest absolute Gasteiger partial charge is 0.377 e. The second-order valence-corrected chi connectivity index (χ2v) is 7.98. The van der Waals surface area contributed by atoms with Gasteiger partial charge in [-0.25, -0.2) is 4.98 Å². The molecule has 7 heteroatoms. The third-order valence-corrected chi connectivity index (χ3v) is 5.83. The molecular formula is C18H25N5O2. The van der Waals surface area contributed by atoms with E-state index in [9.17, 15) is 0 Å². The molecule has 3 aliphatic heterocycles. The Balaban J connectivity index is 1.62. The Labute approximate surface area is 147 Å². The molecule has 3 fully saturated rings. The van der Waals surface area contributed by atoms with Crippen LogP contribution in [0.3, 0.4) is 0 Å². The molecule has 1 N–H and O–H groups in total. The maximum Gasteiger partial charge on any atom is 0.159 e. The van der Waals surface area contributed by atoms with Crippen molar-refractivity contribution in [3.8, 4) is 0 Å². The van der Waals surface area contributed by atoms with Crippen LogP contribution in [0.1, 0.15) is 26.7 Å². The Kier molecular flexibility index (Phi) is 3.43. The SMILES string of the molecule is CC1(C)COCCN1c1cc(N2C3CCC2COC3)nc2[nH]ncc12. The summed E-state index contributed by atoms with van der Waals surface area (Å²) < 4.78 is 11.5. The van der Waals surface area contributed by atoms with Crippen molar-refractivity contribution in [1.82, 2.24) is 15.2 Å². The molecule has 0 aromatic carbocycles. The molecule has 2 aromatic heterocycles. The normalized spacial score (nSPS) is 28.7. The number of aromatic nitrogens is 3. The highest BCUT2D eigenvalue weighted by Crippen LogP contribution is 2.38. The van der Waals surface area contributed by atoms with Gasteiger partial charge in [0.05, 0.1) is 61.3 Å². The molecule has 5 rings (SSSR count). The van der Waals surface area contributed by atoms with Gasteiger partial charge in [0, 0.05) is 12.6 Å². The summed E-state index contributed by atoms with van der Waals surface area (Å²) in [6, 6.07) is 3.14. The van der Waals surface area contributed by atoms with Gasteiger partial charge in [-0.05, 0) is 26.7 Å². The number of H-pyrrole nitrogens is 1. The molecule has 0 aliphatic carbocycles. The third-order valence-electron chi connectivity index (χ3n) is 5.83. The summed E-state index contributed by atoms with van der Waals surface area (Å²) in [5.74, 6) is 1.05. The quantitative estimate of drug-likeness (QED) is 0.899. The lowest BCUT2D eigenvalue weighted by Gasteiger charge is -2.44. The first-order valence-electron chi connectivity index (χ1n) is 9.19. The first-order chi connectivity index (χ1) is 12.1. The molecule has 0 radical (unpaired) electrons. The number of nitrogens with one attached hydrogen (secondary N) is 1. The number of rotatable bonds is 2. The number of ether oxygens (including phenoxy) is 2. The van der Waals surface area contributed by atoms with E-state index in [0.717, 1.165) is 49.8 Å². The highest BCUT2D eigenvalue weighted by atomic mass is 16.5. The highest BCUT2D eigenvalue weighted by molar-refractivity contribution is 5.91. The van der Waals surface area contributed by atoms with E-state index in [0.29, 0.717) is 12.1 Å². The van der Waals surface area contributed by atoms with Crippen molar-refractivity contribution in [1.29, 1.82) is 0 Å². The van der Waals surface area contributed by atoms with Crippen molar-refractivity contribution in [2.75, 3.05) is 42.8 Å². The van der Waals surface area contributed by atoms with Crippen molar-refractivity contribution in [2.45, 2.75) is 44.3 Å². The zero-order chi connectivity index (χ0) is 17.0. The Morgan fingerprint density at radius 2 is 2.00 bits per heavy atom. The van der Waals surface area contributed by atoms with Crippen LogP contribution in [-0.2, 0) is 9.47 Å². The lowest BCUT2D eigenvalue weighted by molar-refractivity contribution is 0.0645. The van der Waals surface area contributed by atoms with Crippen molar-refractivity contribution >= 4 is 22.5 Å². The molecule has 0 amide bonds. The van der Waals surface area contributed by atoms with Gasteiger partial charge < -0.3 is 19.3 Å². The summed E-state index contributed by atoms with van der Waals surface area (Å²) >= 11 is 0. The summed E-state index contributed by atoms with van der Waals surface area (Å²) in [7, 11) is 0. The van der Waals surface area contributed by atoms with Crippen LogP contribution in [0.2, 0.25) is 0 Å². The van der Waals surface area contributed by atoms with Crippen LogP contribution in [-0.4, -0.2) is 65.8 Å². The van der Waals surface area contributed by atoms with E-state index in [1.807, 2.05) is 6.20 Å². The van der Waals surface area contributed by atoms with E-state index in [1.54, 1.807) is 0 Å². The average Bonchev–Trinajstić information content (AvgIpc) is 3.16. The first kappa shape index (κ1) is 15.4. The van der Waals surface area contributed by atoms with Crippen LogP contribution in [0.4, 0.5) is 11.5 Å².